The Balaban J connectivity index is 1.63. The summed E-state index contributed by atoms with van der Waals surface area (Å²) >= 11 is 3.17. The molecule has 0 saturated carbocycles. The van der Waals surface area contributed by atoms with Gasteiger partial charge < -0.3 is 9.88 Å². The lowest BCUT2D eigenvalue weighted by molar-refractivity contribution is 0.0941. The molecule has 0 radical (unpaired) electrons. The van der Waals surface area contributed by atoms with Crippen molar-refractivity contribution in [2.45, 2.75) is 26.3 Å². The van der Waals surface area contributed by atoms with Crippen molar-refractivity contribution < 1.29 is 4.79 Å². The van der Waals surface area contributed by atoms with Gasteiger partial charge >= 0.3 is 0 Å². The van der Waals surface area contributed by atoms with Crippen molar-refractivity contribution in [3.8, 4) is 0 Å². The van der Waals surface area contributed by atoms with E-state index < -0.39 is 0 Å². The van der Waals surface area contributed by atoms with E-state index in [1.54, 1.807) is 23.0 Å². The molecule has 0 bridgehead atoms. The molecule has 26 heavy (non-hydrogen) atoms. The van der Waals surface area contributed by atoms with E-state index in [0.717, 1.165) is 38.7 Å². The molecule has 0 atom stereocenters. The van der Waals surface area contributed by atoms with Crippen molar-refractivity contribution in [2.24, 2.45) is 7.05 Å². The van der Waals surface area contributed by atoms with E-state index in [1.165, 1.54) is 11.3 Å². The average Bonchev–Trinajstić information content (AvgIpc) is 3.40. The molecule has 4 rings (SSSR count). The number of carbonyl (C=O) groups is 1. The molecule has 134 valence electrons. The Morgan fingerprint density at radius 2 is 2.31 bits per heavy atom. The zero-order chi connectivity index (χ0) is 18.1. The SMILES string of the molecule is CCc1c(C(=O)NCc2cscn2)n(C)c2nc(Cc3ccn[nH]3)sc12. The second-order valence-corrected chi connectivity index (χ2v) is 7.72. The van der Waals surface area contributed by atoms with Gasteiger partial charge in [-0.15, -0.1) is 22.7 Å². The number of fused-ring (bicyclic) bond motifs is 1. The van der Waals surface area contributed by atoms with Crippen LogP contribution < -0.4 is 5.32 Å². The number of rotatable bonds is 6. The third kappa shape index (κ3) is 3.04. The highest BCUT2D eigenvalue weighted by molar-refractivity contribution is 7.18. The zero-order valence-corrected chi connectivity index (χ0v) is 16.1. The summed E-state index contributed by atoms with van der Waals surface area (Å²) in [6.07, 6.45) is 3.24. The lowest BCUT2D eigenvalue weighted by Crippen LogP contribution is -2.26. The fourth-order valence-electron chi connectivity index (χ4n) is 3.01. The molecule has 1 amide bonds. The van der Waals surface area contributed by atoms with Crippen LogP contribution in [0.15, 0.2) is 23.2 Å². The second kappa shape index (κ2) is 7.00. The molecule has 2 N–H and O–H groups in total. The van der Waals surface area contributed by atoms with E-state index in [4.69, 9.17) is 4.98 Å². The number of amides is 1. The number of H-pyrrole nitrogens is 1. The topological polar surface area (TPSA) is 88.5 Å². The fourth-order valence-corrected chi connectivity index (χ4v) is 4.81. The van der Waals surface area contributed by atoms with E-state index in [0.29, 0.717) is 18.7 Å². The summed E-state index contributed by atoms with van der Waals surface area (Å²) in [4.78, 5) is 21.7. The van der Waals surface area contributed by atoms with Gasteiger partial charge in [-0.2, -0.15) is 5.10 Å². The molecule has 0 aromatic carbocycles. The van der Waals surface area contributed by atoms with Gasteiger partial charge in [-0.3, -0.25) is 9.89 Å². The first-order valence-corrected chi connectivity index (χ1v) is 10.0. The van der Waals surface area contributed by atoms with Gasteiger partial charge in [0.15, 0.2) is 5.65 Å². The third-order valence-corrected chi connectivity index (χ3v) is 5.99. The van der Waals surface area contributed by atoms with Crippen molar-refractivity contribution in [1.29, 1.82) is 0 Å². The van der Waals surface area contributed by atoms with Crippen LogP contribution in [-0.4, -0.2) is 30.6 Å². The Labute approximate surface area is 158 Å². The van der Waals surface area contributed by atoms with E-state index >= 15 is 0 Å². The highest BCUT2D eigenvalue weighted by Gasteiger charge is 2.23. The molecule has 4 aromatic heterocycles. The predicted octanol–water partition coefficient (Wildman–Crippen LogP) is 2.90. The minimum absolute atomic E-state index is 0.0855. The first kappa shape index (κ1) is 16.9. The molecule has 4 aromatic rings. The van der Waals surface area contributed by atoms with Crippen LogP contribution in [0.4, 0.5) is 0 Å². The van der Waals surface area contributed by atoms with Crippen LogP contribution in [0.5, 0.6) is 0 Å². The van der Waals surface area contributed by atoms with Gasteiger partial charge in [0.2, 0.25) is 0 Å². The monoisotopic (exact) mass is 386 g/mol. The molecular weight excluding hydrogens is 368 g/mol. The summed E-state index contributed by atoms with van der Waals surface area (Å²) in [7, 11) is 1.90. The molecule has 0 saturated heterocycles. The number of nitrogens with zero attached hydrogens (tertiary/aromatic N) is 4. The van der Waals surface area contributed by atoms with E-state index in [2.05, 4.69) is 27.4 Å². The highest BCUT2D eigenvalue weighted by atomic mass is 32.1. The molecule has 0 unspecified atom stereocenters. The maximum atomic E-state index is 12.8. The normalized spacial score (nSPS) is 11.3. The molecule has 0 aliphatic carbocycles. The van der Waals surface area contributed by atoms with Gasteiger partial charge in [0.25, 0.3) is 5.91 Å². The maximum absolute atomic E-state index is 12.8. The number of hydrogen-bond acceptors (Lipinski definition) is 6. The Kier molecular flexibility index (Phi) is 4.56. The van der Waals surface area contributed by atoms with Crippen molar-refractivity contribution in [3.05, 3.63) is 50.8 Å². The van der Waals surface area contributed by atoms with Gasteiger partial charge in [0.05, 0.1) is 22.4 Å². The van der Waals surface area contributed by atoms with Crippen molar-refractivity contribution in [1.82, 2.24) is 30.0 Å². The van der Waals surface area contributed by atoms with Crippen LogP contribution in [0.25, 0.3) is 10.3 Å². The highest BCUT2D eigenvalue weighted by Crippen LogP contribution is 2.32. The largest absolute Gasteiger partial charge is 0.345 e. The summed E-state index contributed by atoms with van der Waals surface area (Å²) in [6.45, 7) is 2.50. The molecule has 9 heteroatoms. The lowest BCUT2D eigenvalue weighted by Gasteiger charge is -2.07. The minimum Gasteiger partial charge on any atom is -0.345 e. The van der Waals surface area contributed by atoms with E-state index in [9.17, 15) is 4.79 Å². The minimum atomic E-state index is -0.0855. The molecule has 0 fully saturated rings. The molecule has 0 spiro atoms. The number of aryl methyl sites for hydroxylation is 2. The summed E-state index contributed by atoms with van der Waals surface area (Å²) in [5.41, 5.74) is 6.26. The molecule has 4 heterocycles. The number of carbonyl (C=O) groups excluding carboxylic acids is 1. The molecule has 7 nitrogen and oxygen atoms in total. The van der Waals surface area contributed by atoms with Crippen molar-refractivity contribution in [3.63, 3.8) is 0 Å². The van der Waals surface area contributed by atoms with Gasteiger partial charge in [-0.1, -0.05) is 6.92 Å². The Morgan fingerprint density at radius 3 is 3.00 bits per heavy atom. The van der Waals surface area contributed by atoms with Crippen molar-refractivity contribution >= 4 is 38.9 Å². The average molecular weight is 387 g/mol. The summed E-state index contributed by atoms with van der Waals surface area (Å²) < 4.78 is 2.99. The first-order chi connectivity index (χ1) is 12.7. The molecule has 0 aliphatic rings. The number of aromatic amines is 1. The maximum Gasteiger partial charge on any atom is 0.268 e. The fraction of sp³-hybridized carbons (Fsp3) is 0.294. The number of nitrogens with one attached hydrogen (secondary N) is 2. The van der Waals surface area contributed by atoms with Crippen LogP contribution in [0, 0.1) is 0 Å². The van der Waals surface area contributed by atoms with Crippen LogP contribution in [0.2, 0.25) is 0 Å². The zero-order valence-electron chi connectivity index (χ0n) is 14.4. The Bertz CT molecular complexity index is 1030. The smallest absolute Gasteiger partial charge is 0.268 e. The van der Waals surface area contributed by atoms with Gasteiger partial charge in [-0.05, 0) is 12.5 Å². The lowest BCUT2D eigenvalue weighted by atomic mass is 10.2. The second-order valence-electron chi connectivity index (χ2n) is 5.92. The van der Waals surface area contributed by atoms with Crippen LogP contribution in [-0.2, 0) is 26.4 Å². The molecule has 0 aliphatic heterocycles. The van der Waals surface area contributed by atoms with Gasteiger partial charge in [0.1, 0.15) is 10.7 Å². The summed E-state index contributed by atoms with van der Waals surface area (Å²) in [6, 6.07) is 1.95. The first-order valence-electron chi connectivity index (χ1n) is 8.27. The van der Waals surface area contributed by atoms with E-state index in [1.807, 2.05) is 23.1 Å². The van der Waals surface area contributed by atoms with Crippen molar-refractivity contribution in [2.75, 3.05) is 0 Å². The quantitative estimate of drug-likeness (QED) is 0.533. The number of thiazole rings is 2. The standard InChI is InChI=1S/C17H18N6OS2/c1-3-12-14(17(24)18-7-11-8-25-9-19-11)23(2)16-15(12)26-13(21-16)6-10-4-5-20-22-10/h4-5,8-9H,3,6-7H2,1-2H3,(H,18,24)(H,20,22). The summed E-state index contributed by atoms with van der Waals surface area (Å²) in [5.74, 6) is -0.0855. The predicted molar refractivity (Wildman–Crippen MR) is 103 cm³/mol. The number of aromatic nitrogens is 5. The Hall–Kier alpha value is -2.52. The van der Waals surface area contributed by atoms with Crippen LogP contribution >= 0.6 is 22.7 Å². The van der Waals surface area contributed by atoms with E-state index in [-0.39, 0.29) is 5.91 Å². The van der Waals surface area contributed by atoms with Gasteiger partial charge in [-0.25, -0.2) is 9.97 Å². The van der Waals surface area contributed by atoms with Crippen LogP contribution in [0.3, 0.4) is 0 Å². The third-order valence-electron chi connectivity index (χ3n) is 4.25. The Morgan fingerprint density at radius 1 is 1.42 bits per heavy atom. The number of hydrogen-bond donors (Lipinski definition) is 2. The van der Waals surface area contributed by atoms with Gasteiger partial charge in [0, 0.05) is 36.3 Å². The van der Waals surface area contributed by atoms with Crippen LogP contribution in [0.1, 0.15) is 39.4 Å². The summed E-state index contributed by atoms with van der Waals surface area (Å²) in [5, 5.41) is 12.9. The molecular formula is C17H18N6OS2.